The lowest BCUT2D eigenvalue weighted by Crippen LogP contribution is -2.35. The summed E-state index contributed by atoms with van der Waals surface area (Å²) in [7, 11) is 0. The highest BCUT2D eigenvalue weighted by atomic mass is 32.1. The summed E-state index contributed by atoms with van der Waals surface area (Å²) < 4.78 is 21.1. The molecule has 3 rings (SSSR count). The number of hydrogen-bond donors (Lipinski definition) is 1. The van der Waals surface area contributed by atoms with Crippen molar-refractivity contribution in [2.75, 3.05) is 19.8 Å². The third-order valence-corrected chi connectivity index (χ3v) is 7.95. The van der Waals surface area contributed by atoms with Crippen LogP contribution in [-0.4, -0.2) is 43.8 Å². The molecule has 2 aromatic carbocycles. The molecule has 0 aliphatic rings. The molecule has 0 fully saturated rings. The molecule has 1 aromatic heterocycles. The Hall–Kier alpha value is -4.18. The third kappa shape index (κ3) is 11.2. The predicted molar refractivity (Wildman–Crippen MR) is 162 cm³/mol. The zero-order valence-electron chi connectivity index (χ0n) is 24.8. The fraction of sp³-hybridized carbons (Fsp3) is 0.394. The van der Waals surface area contributed by atoms with E-state index in [9.17, 15) is 19.2 Å². The third-order valence-electron chi connectivity index (χ3n) is 6.67. The minimum Gasteiger partial charge on any atom is -0.465 e. The highest BCUT2D eigenvalue weighted by Crippen LogP contribution is 2.28. The minimum atomic E-state index is -1.13. The van der Waals surface area contributed by atoms with Crippen molar-refractivity contribution < 1.29 is 38.1 Å². The Morgan fingerprint density at radius 3 is 1.91 bits per heavy atom. The maximum atomic E-state index is 12.7. The molecule has 1 heterocycles. The minimum absolute atomic E-state index is 0.114. The van der Waals surface area contributed by atoms with Crippen molar-refractivity contribution in [3.63, 3.8) is 0 Å². The van der Waals surface area contributed by atoms with Crippen LogP contribution in [0, 0.1) is 18.8 Å². The van der Waals surface area contributed by atoms with Crippen LogP contribution in [0.1, 0.15) is 57.9 Å². The lowest BCUT2D eigenvalue weighted by Gasteiger charge is -2.22. The number of hydrogen-bond acceptors (Lipinski definition) is 9. The molecule has 0 radical (unpaired) electrons. The molecule has 1 N–H and O–H groups in total. The Morgan fingerprint density at radius 1 is 0.791 bits per heavy atom. The molecule has 0 saturated heterocycles. The Balaban J connectivity index is 1.66. The number of alkyl carbamates (subject to hydrolysis) is 1. The quantitative estimate of drug-likeness (QED) is 0.119. The van der Waals surface area contributed by atoms with Crippen molar-refractivity contribution in [1.82, 2.24) is 5.32 Å². The molecule has 0 saturated carbocycles. The molecule has 0 aliphatic heterocycles. The second-order valence-corrected chi connectivity index (χ2v) is 11.1. The Morgan fingerprint density at radius 2 is 1.35 bits per heavy atom. The van der Waals surface area contributed by atoms with E-state index < -0.39 is 29.9 Å². The Bertz CT molecular complexity index is 1310. The van der Waals surface area contributed by atoms with Crippen molar-refractivity contribution in [3.05, 3.63) is 93.2 Å². The summed E-state index contributed by atoms with van der Waals surface area (Å²) >= 11 is 1.35. The molecule has 3 aromatic rings. The van der Waals surface area contributed by atoms with E-state index in [1.807, 2.05) is 73.7 Å². The molecule has 43 heavy (non-hydrogen) atoms. The molecular formula is C33H39NO8S. The number of rotatable bonds is 16. The number of thiophene rings is 1. The van der Waals surface area contributed by atoms with Gasteiger partial charge in [0.15, 0.2) is 5.92 Å². The SMILES string of the molecule is CCOC(=O)C(C[C@H](CCc1sc(C(=O)OCc2ccccc2)cc1C)CNC(=O)OCc1ccccc1)C(=O)OCC. The number of nitrogens with one attached hydrogen (secondary N) is 1. The first-order chi connectivity index (χ1) is 20.8. The van der Waals surface area contributed by atoms with Crippen LogP contribution in [0.4, 0.5) is 4.79 Å². The van der Waals surface area contributed by atoms with Crippen LogP contribution < -0.4 is 5.32 Å². The van der Waals surface area contributed by atoms with Gasteiger partial charge in [0.2, 0.25) is 0 Å². The van der Waals surface area contributed by atoms with Gasteiger partial charge in [0.05, 0.1) is 13.2 Å². The molecule has 10 heteroatoms. The molecule has 1 atom stereocenters. The molecule has 1 amide bonds. The lowest BCUT2D eigenvalue weighted by atomic mass is 9.90. The van der Waals surface area contributed by atoms with Gasteiger partial charge in [-0.05, 0) is 68.7 Å². The number of esters is 3. The maximum absolute atomic E-state index is 12.7. The maximum Gasteiger partial charge on any atom is 0.407 e. The molecule has 230 valence electrons. The van der Waals surface area contributed by atoms with E-state index in [1.165, 1.54) is 11.3 Å². The van der Waals surface area contributed by atoms with Crippen LogP contribution in [0.25, 0.3) is 0 Å². The van der Waals surface area contributed by atoms with Crippen LogP contribution in [0.15, 0.2) is 66.7 Å². The topological polar surface area (TPSA) is 117 Å². The van der Waals surface area contributed by atoms with E-state index in [2.05, 4.69) is 5.32 Å². The number of aryl methyl sites for hydroxylation is 2. The zero-order valence-corrected chi connectivity index (χ0v) is 25.7. The normalized spacial score (nSPS) is 11.4. The first-order valence-corrected chi connectivity index (χ1v) is 15.2. The number of ether oxygens (including phenoxy) is 4. The molecule has 9 nitrogen and oxygen atoms in total. The molecular weight excluding hydrogens is 570 g/mol. The van der Waals surface area contributed by atoms with Crippen molar-refractivity contribution in [2.45, 2.75) is 53.2 Å². The van der Waals surface area contributed by atoms with Gasteiger partial charge in [-0.15, -0.1) is 11.3 Å². The fourth-order valence-corrected chi connectivity index (χ4v) is 5.49. The van der Waals surface area contributed by atoms with E-state index in [1.54, 1.807) is 13.8 Å². The average molecular weight is 610 g/mol. The standard InChI is InChI=1S/C33H39NO8S/c1-4-39-30(35)27(31(36)40-5-2)19-26(20-34-33(38)42-22-25-14-10-7-11-15-25)16-17-28-23(3)18-29(43-28)32(37)41-21-24-12-8-6-9-13-24/h6-15,18,26-27H,4-5,16-17,19-22H2,1-3H3,(H,34,38)/t26-/m0/s1. The monoisotopic (exact) mass is 609 g/mol. The van der Waals surface area contributed by atoms with E-state index in [-0.39, 0.29) is 45.3 Å². The summed E-state index contributed by atoms with van der Waals surface area (Å²) in [6, 6.07) is 20.6. The van der Waals surface area contributed by atoms with Gasteiger partial charge in [0, 0.05) is 11.4 Å². The first kappa shape index (κ1) is 33.3. The van der Waals surface area contributed by atoms with Crippen LogP contribution in [-0.2, 0) is 48.2 Å². The summed E-state index contributed by atoms with van der Waals surface area (Å²) in [4.78, 5) is 52.0. The van der Waals surface area contributed by atoms with E-state index in [4.69, 9.17) is 18.9 Å². The number of amides is 1. The molecule has 0 bridgehead atoms. The molecule has 0 spiro atoms. The summed E-state index contributed by atoms with van der Waals surface area (Å²) in [5.41, 5.74) is 2.70. The van der Waals surface area contributed by atoms with E-state index in [0.29, 0.717) is 17.7 Å². The van der Waals surface area contributed by atoms with Gasteiger partial charge in [-0.1, -0.05) is 60.7 Å². The number of carbonyl (C=O) groups is 4. The molecule has 0 unspecified atom stereocenters. The summed E-state index contributed by atoms with van der Waals surface area (Å²) in [6.45, 7) is 5.98. The zero-order chi connectivity index (χ0) is 31.0. The van der Waals surface area contributed by atoms with Crippen LogP contribution in [0.5, 0.6) is 0 Å². The van der Waals surface area contributed by atoms with Gasteiger partial charge in [0.25, 0.3) is 0 Å². The van der Waals surface area contributed by atoms with Crippen LogP contribution >= 0.6 is 11.3 Å². The largest absolute Gasteiger partial charge is 0.465 e. The van der Waals surface area contributed by atoms with Gasteiger partial charge in [0.1, 0.15) is 18.1 Å². The van der Waals surface area contributed by atoms with Gasteiger partial charge in [-0.3, -0.25) is 9.59 Å². The highest BCUT2D eigenvalue weighted by Gasteiger charge is 2.32. The molecule has 0 aliphatic carbocycles. The van der Waals surface area contributed by atoms with Crippen LogP contribution in [0.2, 0.25) is 0 Å². The van der Waals surface area contributed by atoms with E-state index >= 15 is 0 Å². The van der Waals surface area contributed by atoms with Gasteiger partial charge < -0.3 is 24.3 Å². The smallest absolute Gasteiger partial charge is 0.407 e. The van der Waals surface area contributed by atoms with Crippen molar-refractivity contribution in [1.29, 1.82) is 0 Å². The van der Waals surface area contributed by atoms with E-state index in [0.717, 1.165) is 21.6 Å². The Labute approximate surface area is 256 Å². The first-order valence-electron chi connectivity index (χ1n) is 14.4. The van der Waals surface area contributed by atoms with Gasteiger partial charge in [-0.2, -0.15) is 0 Å². The summed E-state index contributed by atoms with van der Waals surface area (Å²) in [5.74, 6) is -3.13. The fourth-order valence-electron chi connectivity index (χ4n) is 4.41. The number of carbonyl (C=O) groups excluding carboxylic acids is 4. The lowest BCUT2D eigenvalue weighted by molar-refractivity contribution is -0.162. The average Bonchev–Trinajstić information content (AvgIpc) is 3.39. The second kappa shape index (κ2) is 17.7. The Kier molecular flexibility index (Phi) is 13.7. The highest BCUT2D eigenvalue weighted by molar-refractivity contribution is 7.14. The van der Waals surface area contributed by atoms with Crippen LogP contribution in [0.3, 0.4) is 0 Å². The van der Waals surface area contributed by atoms with Gasteiger partial charge >= 0.3 is 24.0 Å². The van der Waals surface area contributed by atoms with Crippen molar-refractivity contribution >= 4 is 35.3 Å². The van der Waals surface area contributed by atoms with Crippen molar-refractivity contribution in [2.24, 2.45) is 11.8 Å². The predicted octanol–water partition coefficient (Wildman–Crippen LogP) is 6.02. The number of benzene rings is 2. The summed E-state index contributed by atoms with van der Waals surface area (Å²) in [6.07, 6.45) is 0.598. The van der Waals surface area contributed by atoms with Crippen molar-refractivity contribution in [3.8, 4) is 0 Å². The summed E-state index contributed by atoms with van der Waals surface area (Å²) in [5, 5.41) is 2.77. The van der Waals surface area contributed by atoms with Gasteiger partial charge in [-0.25, -0.2) is 9.59 Å². The second-order valence-electron chi connectivity index (χ2n) is 9.92.